The topological polar surface area (TPSA) is 37.3 Å². The first kappa shape index (κ1) is 19.5. The molecule has 0 fully saturated rings. The fourth-order valence-corrected chi connectivity index (χ4v) is 2.96. The summed E-state index contributed by atoms with van der Waals surface area (Å²) < 4.78 is 0. The Morgan fingerprint density at radius 3 is 1.85 bits per heavy atom. The van der Waals surface area contributed by atoms with Crippen LogP contribution in [0.15, 0.2) is 0 Å². The molecule has 0 aliphatic carbocycles. The minimum atomic E-state index is -0.653. The first-order valence-corrected chi connectivity index (χ1v) is 8.76. The van der Waals surface area contributed by atoms with Gasteiger partial charge in [-0.3, -0.25) is 4.79 Å². The fourth-order valence-electron chi connectivity index (χ4n) is 2.96. The van der Waals surface area contributed by atoms with Gasteiger partial charge in [-0.15, -0.1) is 0 Å². The van der Waals surface area contributed by atoms with Crippen LogP contribution in [0.2, 0.25) is 0 Å². The summed E-state index contributed by atoms with van der Waals surface area (Å²) in [6.07, 6.45) is 15.4. The molecule has 0 amide bonds. The molecule has 1 unspecified atom stereocenters. The third-order valence-electron chi connectivity index (χ3n) is 4.44. The van der Waals surface area contributed by atoms with Crippen molar-refractivity contribution in [2.75, 3.05) is 0 Å². The zero-order chi connectivity index (χ0) is 15.3. The van der Waals surface area contributed by atoms with Gasteiger partial charge in [-0.1, -0.05) is 72.1 Å². The predicted molar refractivity (Wildman–Crippen MR) is 87.1 cm³/mol. The maximum absolute atomic E-state index is 10.6. The van der Waals surface area contributed by atoms with Crippen molar-refractivity contribution in [1.29, 1.82) is 0 Å². The molecule has 0 spiro atoms. The van der Waals surface area contributed by atoms with E-state index in [1.165, 1.54) is 64.2 Å². The number of aliphatic carboxylic acids is 1. The van der Waals surface area contributed by atoms with Crippen LogP contribution in [0.4, 0.5) is 0 Å². The standard InChI is InChI=1S/C18H36O2/c1-4-6-8-9-11-15-18(3,14-7-5-2)16-12-10-13-17(19)20/h4-16H2,1-3H3,(H,19,20). The molecule has 120 valence electrons. The van der Waals surface area contributed by atoms with Crippen LogP contribution in [0.5, 0.6) is 0 Å². The van der Waals surface area contributed by atoms with Crippen LogP contribution in [0.1, 0.15) is 104 Å². The Morgan fingerprint density at radius 1 is 0.800 bits per heavy atom. The van der Waals surface area contributed by atoms with Gasteiger partial charge in [-0.05, 0) is 31.1 Å². The maximum Gasteiger partial charge on any atom is 0.303 e. The normalized spacial score (nSPS) is 14.2. The molecule has 0 bridgehead atoms. The van der Waals surface area contributed by atoms with E-state index in [1.807, 2.05) is 0 Å². The minimum absolute atomic E-state index is 0.334. The van der Waals surface area contributed by atoms with E-state index in [0.717, 1.165) is 12.8 Å². The Hall–Kier alpha value is -0.530. The summed E-state index contributed by atoms with van der Waals surface area (Å²) in [5, 5.41) is 8.71. The number of hydrogen-bond donors (Lipinski definition) is 1. The molecule has 0 aromatic carbocycles. The molecule has 0 rings (SSSR count). The minimum Gasteiger partial charge on any atom is -0.481 e. The van der Waals surface area contributed by atoms with Crippen LogP contribution in [0, 0.1) is 5.41 Å². The molecule has 0 aliphatic rings. The van der Waals surface area contributed by atoms with E-state index in [1.54, 1.807) is 0 Å². The number of carboxylic acids is 1. The zero-order valence-corrected chi connectivity index (χ0v) is 14.0. The van der Waals surface area contributed by atoms with Crippen LogP contribution in [-0.4, -0.2) is 11.1 Å². The summed E-state index contributed by atoms with van der Waals surface area (Å²) >= 11 is 0. The van der Waals surface area contributed by atoms with E-state index >= 15 is 0 Å². The van der Waals surface area contributed by atoms with Gasteiger partial charge in [0.1, 0.15) is 0 Å². The molecule has 2 heteroatoms. The van der Waals surface area contributed by atoms with Crippen LogP contribution in [0.3, 0.4) is 0 Å². The SMILES string of the molecule is CCCCCCCC(C)(CCCC)CCCCC(=O)O. The van der Waals surface area contributed by atoms with E-state index < -0.39 is 5.97 Å². The summed E-state index contributed by atoms with van der Waals surface area (Å²) in [4.78, 5) is 10.6. The Kier molecular flexibility index (Phi) is 11.9. The molecule has 1 N–H and O–H groups in total. The van der Waals surface area contributed by atoms with E-state index in [4.69, 9.17) is 5.11 Å². The first-order valence-electron chi connectivity index (χ1n) is 8.76. The molecule has 2 nitrogen and oxygen atoms in total. The first-order chi connectivity index (χ1) is 9.54. The van der Waals surface area contributed by atoms with Gasteiger partial charge in [-0.2, -0.15) is 0 Å². The van der Waals surface area contributed by atoms with Crippen molar-refractivity contribution >= 4 is 5.97 Å². The van der Waals surface area contributed by atoms with Crippen molar-refractivity contribution < 1.29 is 9.90 Å². The van der Waals surface area contributed by atoms with Gasteiger partial charge >= 0.3 is 5.97 Å². The zero-order valence-electron chi connectivity index (χ0n) is 14.0. The molecule has 0 heterocycles. The number of carboxylic acid groups (broad SMARTS) is 1. The molecular formula is C18H36O2. The molecular weight excluding hydrogens is 248 g/mol. The van der Waals surface area contributed by atoms with E-state index in [9.17, 15) is 4.79 Å². The summed E-state index contributed by atoms with van der Waals surface area (Å²) in [5.41, 5.74) is 0.445. The van der Waals surface area contributed by atoms with Crippen molar-refractivity contribution in [3.63, 3.8) is 0 Å². The highest BCUT2D eigenvalue weighted by atomic mass is 16.4. The summed E-state index contributed by atoms with van der Waals surface area (Å²) in [6.45, 7) is 6.93. The molecule has 0 aromatic rings. The summed E-state index contributed by atoms with van der Waals surface area (Å²) in [6, 6.07) is 0. The molecule has 20 heavy (non-hydrogen) atoms. The highest BCUT2D eigenvalue weighted by molar-refractivity contribution is 5.66. The second-order valence-corrected chi connectivity index (χ2v) is 6.68. The third-order valence-corrected chi connectivity index (χ3v) is 4.44. The largest absolute Gasteiger partial charge is 0.481 e. The van der Waals surface area contributed by atoms with Crippen LogP contribution in [-0.2, 0) is 4.79 Å². The number of rotatable bonds is 14. The van der Waals surface area contributed by atoms with Crippen LogP contribution in [0.25, 0.3) is 0 Å². The van der Waals surface area contributed by atoms with Gasteiger partial charge in [-0.25, -0.2) is 0 Å². The maximum atomic E-state index is 10.6. The van der Waals surface area contributed by atoms with E-state index in [0.29, 0.717) is 11.8 Å². The molecule has 0 aromatic heterocycles. The van der Waals surface area contributed by atoms with E-state index in [2.05, 4.69) is 20.8 Å². The molecule has 0 saturated heterocycles. The number of hydrogen-bond acceptors (Lipinski definition) is 1. The lowest BCUT2D eigenvalue weighted by Crippen LogP contribution is -2.16. The van der Waals surface area contributed by atoms with Gasteiger partial charge in [0.2, 0.25) is 0 Å². The third kappa shape index (κ3) is 11.3. The quantitative estimate of drug-likeness (QED) is 0.386. The molecule has 0 saturated carbocycles. The van der Waals surface area contributed by atoms with Gasteiger partial charge < -0.3 is 5.11 Å². The summed E-state index contributed by atoms with van der Waals surface area (Å²) in [7, 11) is 0. The average molecular weight is 284 g/mol. The number of carbonyl (C=O) groups is 1. The van der Waals surface area contributed by atoms with Gasteiger partial charge in [0.15, 0.2) is 0 Å². The fraction of sp³-hybridized carbons (Fsp3) is 0.944. The van der Waals surface area contributed by atoms with Gasteiger partial charge in [0.05, 0.1) is 0 Å². The van der Waals surface area contributed by atoms with Crippen molar-refractivity contribution in [3.05, 3.63) is 0 Å². The Balaban J connectivity index is 3.96. The van der Waals surface area contributed by atoms with Crippen LogP contribution < -0.4 is 0 Å². The predicted octanol–water partition coefficient (Wildman–Crippen LogP) is 6.19. The van der Waals surface area contributed by atoms with Crippen molar-refractivity contribution in [1.82, 2.24) is 0 Å². The molecule has 1 atom stereocenters. The van der Waals surface area contributed by atoms with Crippen LogP contribution >= 0.6 is 0 Å². The second-order valence-electron chi connectivity index (χ2n) is 6.68. The number of unbranched alkanes of at least 4 members (excludes halogenated alkanes) is 6. The smallest absolute Gasteiger partial charge is 0.303 e. The Labute approximate surface area is 126 Å². The van der Waals surface area contributed by atoms with Crippen molar-refractivity contribution in [3.8, 4) is 0 Å². The average Bonchev–Trinajstić information content (AvgIpc) is 2.41. The lowest BCUT2D eigenvalue weighted by atomic mass is 9.76. The van der Waals surface area contributed by atoms with E-state index in [-0.39, 0.29) is 0 Å². The Bertz CT molecular complexity index is 238. The Morgan fingerprint density at radius 2 is 1.30 bits per heavy atom. The monoisotopic (exact) mass is 284 g/mol. The molecule has 0 aliphatic heterocycles. The lowest BCUT2D eigenvalue weighted by molar-refractivity contribution is -0.137. The lowest BCUT2D eigenvalue weighted by Gasteiger charge is -2.30. The van der Waals surface area contributed by atoms with Gasteiger partial charge in [0, 0.05) is 6.42 Å². The highest BCUT2D eigenvalue weighted by Crippen LogP contribution is 2.36. The summed E-state index contributed by atoms with van der Waals surface area (Å²) in [5.74, 6) is -0.653. The highest BCUT2D eigenvalue weighted by Gasteiger charge is 2.22. The van der Waals surface area contributed by atoms with Gasteiger partial charge in [0.25, 0.3) is 0 Å². The second kappa shape index (κ2) is 12.2. The van der Waals surface area contributed by atoms with Crippen molar-refractivity contribution in [2.24, 2.45) is 5.41 Å². The molecule has 0 radical (unpaired) electrons. The van der Waals surface area contributed by atoms with Crippen molar-refractivity contribution in [2.45, 2.75) is 104 Å².